The van der Waals surface area contributed by atoms with Crippen LogP contribution in [-0.4, -0.2) is 42.7 Å². The Morgan fingerprint density at radius 3 is 2.79 bits per heavy atom. The van der Waals surface area contributed by atoms with Crippen molar-refractivity contribution in [2.24, 2.45) is 0 Å². The van der Waals surface area contributed by atoms with Gasteiger partial charge in [-0.15, -0.1) is 11.3 Å². The molecule has 1 aliphatic carbocycles. The molecule has 3 heterocycles. The van der Waals surface area contributed by atoms with E-state index in [4.69, 9.17) is 0 Å². The van der Waals surface area contributed by atoms with Gasteiger partial charge in [-0.1, -0.05) is 6.08 Å². The SMILES string of the molecule is Cc1nc(C(=O)N2CCC[C@H]2Cn2ncn(-c3ccc(F)cc3)c2=O)c(C2=CCCCC2)s1. The maximum Gasteiger partial charge on any atom is 0.350 e. The van der Waals surface area contributed by atoms with Crippen LogP contribution in [-0.2, 0) is 6.54 Å². The van der Waals surface area contributed by atoms with Crippen LogP contribution in [0.1, 0.15) is 58.9 Å². The number of nitrogens with zero attached hydrogens (tertiary/aromatic N) is 5. The maximum absolute atomic E-state index is 13.6. The lowest BCUT2D eigenvalue weighted by Gasteiger charge is -2.24. The Morgan fingerprint density at radius 2 is 2.03 bits per heavy atom. The molecule has 3 aromatic rings. The molecule has 2 aliphatic rings. The van der Waals surface area contributed by atoms with E-state index < -0.39 is 0 Å². The van der Waals surface area contributed by atoms with Crippen molar-refractivity contribution in [1.82, 2.24) is 24.2 Å². The van der Waals surface area contributed by atoms with Crippen molar-refractivity contribution in [2.75, 3.05) is 6.54 Å². The number of thiazole rings is 1. The molecule has 1 aromatic carbocycles. The van der Waals surface area contributed by atoms with E-state index >= 15 is 0 Å². The van der Waals surface area contributed by atoms with Gasteiger partial charge in [0.15, 0.2) is 0 Å². The number of hydrogen-bond donors (Lipinski definition) is 0. The fourth-order valence-corrected chi connectivity index (χ4v) is 5.68. The van der Waals surface area contributed by atoms with E-state index in [1.165, 1.54) is 39.7 Å². The molecule has 0 unspecified atom stereocenters. The zero-order chi connectivity index (χ0) is 22.9. The first-order valence-electron chi connectivity index (χ1n) is 11.4. The van der Waals surface area contributed by atoms with Gasteiger partial charge in [-0.25, -0.2) is 23.4 Å². The third-order valence-corrected chi connectivity index (χ3v) is 7.43. The van der Waals surface area contributed by atoms with Crippen molar-refractivity contribution >= 4 is 22.8 Å². The van der Waals surface area contributed by atoms with Crippen molar-refractivity contribution in [3.8, 4) is 5.69 Å². The van der Waals surface area contributed by atoms with E-state index in [0.29, 0.717) is 24.5 Å². The van der Waals surface area contributed by atoms with Crippen LogP contribution in [0.3, 0.4) is 0 Å². The molecule has 0 spiro atoms. The first kappa shape index (κ1) is 21.8. The van der Waals surface area contributed by atoms with Crippen molar-refractivity contribution in [1.29, 1.82) is 0 Å². The normalized spacial score (nSPS) is 18.5. The van der Waals surface area contributed by atoms with Crippen molar-refractivity contribution < 1.29 is 9.18 Å². The number of carbonyl (C=O) groups excluding carboxylic acids is 1. The average Bonchev–Trinajstić information content (AvgIpc) is 3.54. The average molecular weight is 468 g/mol. The van der Waals surface area contributed by atoms with Gasteiger partial charge in [0, 0.05) is 6.54 Å². The summed E-state index contributed by atoms with van der Waals surface area (Å²) in [5.41, 5.74) is 2.02. The van der Waals surface area contributed by atoms with Crippen molar-refractivity contribution in [2.45, 2.75) is 58.0 Å². The molecule has 172 valence electrons. The van der Waals surface area contributed by atoms with E-state index in [1.807, 2.05) is 11.8 Å². The smallest absolute Gasteiger partial charge is 0.332 e. The Balaban J connectivity index is 1.38. The number of carbonyl (C=O) groups is 1. The van der Waals surface area contributed by atoms with Gasteiger partial charge in [-0.05, 0) is 75.3 Å². The molecular formula is C24H26FN5O2S. The van der Waals surface area contributed by atoms with Gasteiger partial charge in [0.2, 0.25) is 0 Å². The molecule has 2 aromatic heterocycles. The molecule has 1 atom stereocenters. The lowest BCUT2D eigenvalue weighted by Crippen LogP contribution is -2.40. The lowest BCUT2D eigenvalue weighted by atomic mass is 9.97. The highest BCUT2D eigenvalue weighted by atomic mass is 32.1. The fraction of sp³-hybridized carbons (Fsp3) is 0.417. The van der Waals surface area contributed by atoms with Crippen LogP contribution in [0.15, 0.2) is 41.5 Å². The number of allylic oxidation sites excluding steroid dienone is 2. The van der Waals surface area contributed by atoms with E-state index in [2.05, 4.69) is 16.2 Å². The van der Waals surface area contributed by atoms with Crippen LogP contribution in [0.2, 0.25) is 0 Å². The van der Waals surface area contributed by atoms with Crippen LogP contribution in [0.5, 0.6) is 0 Å². The Labute approximate surface area is 195 Å². The molecule has 7 nitrogen and oxygen atoms in total. The summed E-state index contributed by atoms with van der Waals surface area (Å²) >= 11 is 1.59. The van der Waals surface area contributed by atoms with E-state index in [9.17, 15) is 14.0 Å². The minimum atomic E-state index is -0.361. The van der Waals surface area contributed by atoms with Gasteiger partial charge >= 0.3 is 5.69 Å². The number of benzene rings is 1. The number of amides is 1. The van der Waals surface area contributed by atoms with Crippen LogP contribution in [0.25, 0.3) is 11.3 Å². The first-order valence-corrected chi connectivity index (χ1v) is 12.2. The molecule has 1 fully saturated rings. The van der Waals surface area contributed by atoms with Gasteiger partial charge in [0.1, 0.15) is 17.8 Å². The molecule has 0 bridgehead atoms. The predicted molar refractivity (Wildman–Crippen MR) is 125 cm³/mol. The molecule has 1 aliphatic heterocycles. The summed E-state index contributed by atoms with van der Waals surface area (Å²) in [4.78, 5) is 33.9. The Bertz CT molecular complexity index is 1260. The van der Waals surface area contributed by atoms with Gasteiger partial charge in [-0.3, -0.25) is 4.79 Å². The summed E-state index contributed by atoms with van der Waals surface area (Å²) in [6, 6.07) is 5.58. The number of aromatic nitrogens is 4. The minimum Gasteiger partial charge on any atom is -0.332 e. The number of aryl methyl sites for hydroxylation is 1. The summed E-state index contributed by atoms with van der Waals surface area (Å²) in [5, 5.41) is 5.15. The standard InChI is InChI=1S/C24H26FN5O2S/c1-16-27-21(22(33-16)17-6-3-2-4-7-17)23(31)28-13-5-8-20(28)14-30-24(32)29(15-26-30)19-11-9-18(25)10-12-19/h6,9-12,15,20H,2-5,7-8,13-14H2,1H3/t20-/m0/s1. The first-order chi connectivity index (χ1) is 16.0. The molecular weight excluding hydrogens is 441 g/mol. The lowest BCUT2D eigenvalue weighted by molar-refractivity contribution is 0.0715. The highest BCUT2D eigenvalue weighted by Crippen LogP contribution is 2.34. The second kappa shape index (κ2) is 9.05. The molecule has 1 saturated heterocycles. The van der Waals surface area contributed by atoms with Gasteiger partial charge in [0.05, 0.1) is 28.2 Å². The fourth-order valence-electron chi connectivity index (χ4n) is 4.70. The molecule has 0 radical (unpaired) electrons. The van der Waals surface area contributed by atoms with Crippen LogP contribution in [0.4, 0.5) is 4.39 Å². The molecule has 5 rings (SSSR count). The quantitative estimate of drug-likeness (QED) is 0.564. The third kappa shape index (κ3) is 4.29. The number of halogens is 1. The topological polar surface area (TPSA) is 73.0 Å². The summed E-state index contributed by atoms with van der Waals surface area (Å²) in [6.07, 6.45) is 9.74. The van der Waals surface area contributed by atoms with Crippen molar-refractivity contribution in [3.63, 3.8) is 0 Å². The van der Waals surface area contributed by atoms with E-state index in [-0.39, 0.29) is 23.5 Å². The van der Waals surface area contributed by atoms with Crippen molar-refractivity contribution in [3.05, 3.63) is 68.5 Å². The Kier molecular flexibility index (Phi) is 5.97. The summed E-state index contributed by atoms with van der Waals surface area (Å²) in [6.45, 7) is 2.91. The zero-order valence-corrected chi connectivity index (χ0v) is 19.4. The minimum absolute atomic E-state index is 0.0608. The second-order valence-electron chi connectivity index (χ2n) is 8.62. The highest BCUT2D eigenvalue weighted by molar-refractivity contribution is 7.13. The molecule has 1 amide bonds. The molecule has 0 saturated carbocycles. The summed E-state index contributed by atoms with van der Waals surface area (Å²) in [7, 11) is 0. The van der Waals surface area contributed by atoms with Crippen LogP contribution < -0.4 is 5.69 Å². The Hall–Kier alpha value is -3.07. The van der Waals surface area contributed by atoms with E-state index in [0.717, 1.165) is 42.0 Å². The maximum atomic E-state index is 13.6. The summed E-state index contributed by atoms with van der Waals surface area (Å²) in [5.74, 6) is -0.422. The van der Waals surface area contributed by atoms with E-state index in [1.54, 1.807) is 23.5 Å². The second-order valence-corrected chi connectivity index (χ2v) is 9.83. The van der Waals surface area contributed by atoms with Gasteiger partial charge in [0.25, 0.3) is 5.91 Å². The largest absolute Gasteiger partial charge is 0.350 e. The summed E-state index contributed by atoms with van der Waals surface area (Å²) < 4.78 is 16.0. The Morgan fingerprint density at radius 1 is 1.21 bits per heavy atom. The third-order valence-electron chi connectivity index (χ3n) is 6.38. The highest BCUT2D eigenvalue weighted by Gasteiger charge is 2.33. The monoisotopic (exact) mass is 467 g/mol. The molecule has 0 N–H and O–H groups in total. The van der Waals surface area contributed by atoms with Gasteiger partial charge < -0.3 is 4.90 Å². The van der Waals surface area contributed by atoms with Crippen LogP contribution in [0, 0.1) is 12.7 Å². The molecule has 9 heteroatoms. The predicted octanol–water partition coefficient (Wildman–Crippen LogP) is 4.20. The molecule has 33 heavy (non-hydrogen) atoms. The number of hydrogen-bond acceptors (Lipinski definition) is 5. The zero-order valence-electron chi connectivity index (χ0n) is 18.5. The van der Waals surface area contributed by atoms with Gasteiger partial charge in [-0.2, -0.15) is 5.10 Å². The number of rotatable bonds is 5. The van der Waals surface area contributed by atoms with Crippen LogP contribution >= 0.6 is 11.3 Å². The number of likely N-dealkylation sites (tertiary alicyclic amines) is 1.